The van der Waals surface area contributed by atoms with Crippen molar-refractivity contribution in [2.45, 2.75) is 24.9 Å². The molecule has 0 unspecified atom stereocenters. The molecule has 1 fully saturated rings. The topological polar surface area (TPSA) is 79.7 Å². The molecule has 2 aliphatic rings. The lowest BCUT2D eigenvalue weighted by atomic mass is 9.82. The van der Waals surface area contributed by atoms with Gasteiger partial charge in [0.25, 0.3) is 0 Å². The molecule has 0 radical (unpaired) electrons. The van der Waals surface area contributed by atoms with Gasteiger partial charge in [0, 0.05) is 43.1 Å². The number of rotatable bonds is 2. The fourth-order valence-electron chi connectivity index (χ4n) is 5.48. The summed E-state index contributed by atoms with van der Waals surface area (Å²) in [6.45, 7) is 4.40. The zero-order valence-corrected chi connectivity index (χ0v) is 20.5. The maximum Gasteiger partial charge on any atom is 0.245 e. The molecule has 8 heteroatoms. The van der Waals surface area contributed by atoms with Gasteiger partial charge in [0.05, 0.1) is 17.0 Å². The first-order valence-electron chi connectivity index (χ1n) is 12.0. The van der Waals surface area contributed by atoms with Crippen LogP contribution in [-0.2, 0) is 4.79 Å². The third-order valence-corrected chi connectivity index (χ3v) is 7.68. The summed E-state index contributed by atoms with van der Waals surface area (Å²) in [7, 11) is 0. The lowest BCUT2D eigenvalue weighted by Gasteiger charge is -2.44. The van der Waals surface area contributed by atoms with Crippen LogP contribution in [-0.4, -0.2) is 45.4 Å². The van der Waals surface area contributed by atoms with Crippen molar-refractivity contribution in [3.63, 3.8) is 0 Å². The van der Waals surface area contributed by atoms with Crippen LogP contribution < -0.4 is 4.74 Å². The summed E-state index contributed by atoms with van der Waals surface area (Å²) < 4.78 is 22.6. The van der Waals surface area contributed by atoms with Crippen molar-refractivity contribution in [3.8, 4) is 22.6 Å². The quantitative estimate of drug-likeness (QED) is 0.327. The van der Waals surface area contributed by atoms with E-state index in [1.807, 2.05) is 24.3 Å². The number of fused-ring (bicyclic) bond motifs is 4. The highest BCUT2D eigenvalue weighted by Crippen LogP contribution is 2.46. The number of Topliss-reactive ketones (excluding diaryl/α,β-unsaturated/α-hetero) is 1. The third-order valence-electron chi connectivity index (χ3n) is 7.38. The molecular weight excluding hydrogens is 495 g/mol. The Balaban J connectivity index is 1.48. The number of aromatic hydroxyl groups is 1. The van der Waals surface area contributed by atoms with Crippen LogP contribution in [0.3, 0.4) is 0 Å². The number of halogens is 2. The predicted molar refractivity (Wildman–Crippen MR) is 140 cm³/mol. The molecular formula is C29H22ClFN2O4. The van der Waals surface area contributed by atoms with Crippen molar-refractivity contribution in [1.29, 1.82) is 0 Å². The molecule has 37 heavy (non-hydrogen) atoms. The normalized spacial score (nSPS) is 16.6. The standard InChI is InChI=1S/C29H22ClFN2O4/c1-2-24(36)33-9-7-29(8-10-33)14-23(35)21-15-32-27-20(28(21)37-29)13-22(30)25(26(27)31)19-12-17(34)11-16-5-3-4-6-18(16)19/h2-6,11-13,15,34H,1,7-10,14H2. The van der Waals surface area contributed by atoms with Gasteiger partial charge >= 0.3 is 0 Å². The average molecular weight is 517 g/mol. The molecule has 1 spiro atoms. The summed E-state index contributed by atoms with van der Waals surface area (Å²) in [5.74, 6) is -0.715. The number of benzene rings is 3. The number of likely N-dealkylation sites (tertiary alicyclic amines) is 1. The van der Waals surface area contributed by atoms with E-state index in [9.17, 15) is 14.7 Å². The Morgan fingerprint density at radius 3 is 2.68 bits per heavy atom. The van der Waals surface area contributed by atoms with Crippen LogP contribution in [0.25, 0.3) is 32.8 Å². The minimum atomic E-state index is -0.792. The van der Waals surface area contributed by atoms with Gasteiger partial charge in [-0.1, -0.05) is 42.4 Å². The van der Waals surface area contributed by atoms with E-state index in [-0.39, 0.29) is 51.3 Å². The molecule has 1 N–H and O–H groups in total. The molecule has 3 aromatic carbocycles. The van der Waals surface area contributed by atoms with E-state index < -0.39 is 11.4 Å². The third kappa shape index (κ3) is 3.73. The van der Waals surface area contributed by atoms with Gasteiger partial charge in [-0.2, -0.15) is 0 Å². The molecule has 1 saturated heterocycles. The molecule has 0 aliphatic carbocycles. The minimum Gasteiger partial charge on any atom is -0.508 e. The largest absolute Gasteiger partial charge is 0.508 e. The summed E-state index contributed by atoms with van der Waals surface area (Å²) in [5.41, 5.74) is 0.0665. The van der Waals surface area contributed by atoms with Crippen molar-refractivity contribution in [1.82, 2.24) is 9.88 Å². The van der Waals surface area contributed by atoms with E-state index in [1.54, 1.807) is 17.0 Å². The van der Waals surface area contributed by atoms with Crippen molar-refractivity contribution in [2.24, 2.45) is 0 Å². The van der Waals surface area contributed by atoms with Crippen LogP contribution in [0.15, 0.2) is 61.3 Å². The summed E-state index contributed by atoms with van der Waals surface area (Å²) in [4.78, 5) is 31.1. The smallest absolute Gasteiger partial charge is 0.245 e. The zero-order valence-electron chi connectivity index (χ0n) is 19.8. The fraction of sp³-hybridized carbons (Fsp3) is 0.207. The van der Waals surface area contributed by atoms with E-state index in [4.69, 9.17) is 16.3 Å². The summed E-state index contributed by atoms with van der Waals surface area (Å²) in [6, 6.07) is 12.0. The van der Waals surface area contributed by atoms with Crippen molar-refractivity contribution in [2.75, 3.05) is 13.1 Å². The van der Waals surface area contributed by atoms with Gasteiger partial charge in [-0.25, -0.2) is 4.39 Å². The highest BCUT2D eigenvalue weighted by atomic mass is 35.5. The Hall–Kier alpha value is -3.97. The first kappa shape index (κ1) is 23.4. The molecule has 4 aromatic rings. The number of piperidine rings is 1. The average Bonchev–Trinajstić information content (AvgIpc) is 2.88. The number of ether oxygens (including phenoxy) is 1. The van der Waals surface area contributed by atoms with Gasteiger partial charge in [0.2, 0.25) is 5.91 Å². The van der Waals surface area contributed by atoms with E-state index in [0.29, 0.717) is 36.9 Å². The molecule has 6 nitrogen and oxygen atoms in total. The van der Waals surface area contributed by atoms with Gasteiger partial charge in [-0.15, -0.1) is 0 Å². The van der Waals surface area contributed by atoms with Crippen LogP contribution >= 0.6 is 11.6 Å². The highest BCUT2D eigenvalue weighted by molar-refractivity contribution is 6.35. The number of ketones is 1. The van der Waals surface area contributed by atoms with E-state index >= 15 is 4.39 Å². The number of hydrogen-bond acceptors (Lipinski definition) is 5. The molecule has 0 bridgehead atoms. The lowest BCUT2D eigenvalue weighted by Crippen LogP contribution is -2.52. The van der Waals surface area contributed by atoms with E-state index in [1.165, 1.54) is 18.3 Å². The predicted octanol–water partition coefficient (Wildman–Crippen LogP) is 6.07. The SMILES string of the molecule is C=CC(=O)N1CCC2(CC1)CC(=O)c1cnc3c(F)c(-c4cc(O)cc5ccccc45)c(Cl)cc3c1O2. The van der Waals surface area contributed by atoms with Gasteiger partial charge in [0.1, 0.15) is 22.6 Å². The number of hydrogen-bond donors (Lipinski definition) is 1. The Bertz CT molecular complexity index is 1640. The number of pyridine rings is 1. The number of carbonyl (C=O) groups excluding carboxylic acids is 2. The van der Waals surface area contributed by atoms with Crippen LogP contribution in [0, 0.1) is 5.82 Å². The second kappa shape index (κ2) is 8.56. The summed E-state index contributed by atoms with van der Waals surface area (Å²) in [5, 5.41) is 12.2. The Morgan fingerprint density at radius 1 is 1.16 bits per heavy atom. The van der Waals surface area contributed by atoms with Crippen LogP contribution in [0.1, 0.15) is 29.6 Å². The number of carbonyl (C=O) groups is 2. The van der Waals surface area contributed by atoms with E-state index in [0.717, 1.165) is 10.8 Å². The number of amides is 1. The van der Waals surface area contributed by atoms with Crippen LogP contribution in [0.4, 0.5) is 4.39 Å². The minimum absolute atomic E-state index is 0.0141. The molecule has 186 valence electrons. The zero-order chi connectivity index (χ0) is 25.9. The molecule has 1 aromatic heterocycles. The Morgan fingerprint density at radius 2 is 1.92 bits per heavy atom. The second-order valence-corrected chi connectivity index (χ2v) is 9.98. The van der Waals surface area contributed by atoms with Crippen molar-refractivity contribution in [3.05, 3.63) is 77.7 Å². The molecule has 1 amide bonds. The first-order chi connectivity index (χ1) is 17.8. The Kier molecular flexibility index (Phi) is 5.42. The number of phenolic OH excluding ortho intramolecular Hbond substituents is 1. The van der Waals surface area contributed by atoms with E-state index in [2.05, 4.69) is 11.6 Å². The van der Waals surface area contributed by atoms with Gasteiger partial charge < -0.3 is 14.7 Å². The highest BCUT2D eigenvalue weighted by Gasteiger charge is 2.44. The molecule has 3 heterocycles. The molecule has 0 saturated carbocycles. The summed E-state index contributed by atoms with van der Waals surface area (Å²) >= 11 is 6.68. The molecule has 6 rings (SSSR count). The van der Waals surface area contributed by atoms with Crippen molar-refractivity contribution >= 4 is 45.0 Å². The second-order valence-electron chi connectivity index (χ2n) is 9.57. The fourth-order valence-corrected chi connectivity index (χ4v) is 5.77. The summed E-state index contributed by atoms with van der Waals surface area (Å²) in [6.07, 6.45) is 3.71. The Labute approximate surface area is 216 Å². The van der Waals surface area contributed by atoms with Crippen LogP contribution in [0.2, 0.25) is 5.02 Å². The maximum atomic E-state index is 16.1. The lowest BCUT2D eigenvalue weighted by molar-refractivity contribution is -0.129. The van der Waals surface area contributed by atoms with Gasteiger partial charge in [0.15, 0.2) is 11.6 Å². The number of nitrogens with zero attached hydrogens (tertiary/aromatic N) is 2. The first-order valence-corrected chi connectivity index (χ1v) is 12.3. The number of aromatic nitrogens is 1. The molecule has 0 atom stereocenters. The van der Waals surface area contributed by atoms with Crippen molar-refractivity contribution < 1.29 is 23.8 Å². The van der Waals surface area contributed by atoms with Gasteiger partial charge in [-0.05, 0) is 40.6 Å². The van der Waals surface area contributed by atoms with Gasteiger partial charge in [-0.3, -0.25) is 14.6 Å². The maximum absolute atomic E-state index is 16.1. The number of phenols is 1. The van der Waals surface area contributed by atoms with Crippen LogP contribution in [0.5, 0.6) is 11.5 Å². The monoisotopic (exact) mass is 516 g/mol. The molecule has 2 aliphatic heterocycles.